The van der Waals surface area contributed by atoms with Gasteiger partial charge < -0.3 is 5.73 Å². The molecule has 13 heavy (non-hydrogen) atoms. The van der Waals surface area contributed by atoms with Crippen molar-refractivity contribution in [2.24, 2.45) is 5.73 Å². The van der Waals surface area contributed by atoms with Gasteiger partial charge in [0.1, 0.15) is 0 Å². The topological polar surface area (TPSA) is 26.0 Å². The summed E-state index contributed by atoms with van der Waals surface area (Å²) in [5.74, 6) is 1.92. The lowest BCUT2D eigenvalue weighted by Gasteiger charge is -2.05. The van der Waals surface area contributed by atoms with Crippen LogP contribution < -0.4 is 5.73 Å². The molecule has 0 aliphatic heterocycles. The number of halogens is 1. The molecule has 0 bridgehead atoms. The third kappa shape index (κ3) is 4.03. The Morgan fingerprint density at radius 2 is 2.15 bits per heavy atom. The van der Waals surface area contributed by atoms with Gasteiger partial charge in [-0.3, -0.25) is 0 Å². The summed E-state index contributed by atoms with van der Waals surface area (Å²) in [4.78, 5) is 0. The molecule has 0 amide bonds. The lowest BCUT2D eigenvalue weighted by Crippen LogP contribution is -2.17. The van der Waals surface area contributed by atoms with Crippen LogP contribution in [0.4, 0.5) is 0 Å². The molecule has 0 aromatic heterocycles. The molecular formula is C10H14ClNS. The average Bonchev–Trinajstić information content (AvgIpc) is 2.08. The molecule has 0 spiro atoms. The quantitative estimate of drug-likeness (QED) is 0.836. The van der Waals surface area contributed by atoms with Crippen molar-refractivity contribution in [1.82, 2.24) is 0 Å². The number of hydrogen-bond donors (Lipinski definition) is 1. The molecule has 1 aromatic carbocycles. The first-order valence-corrected chi connectivity index (χ1v) is 5.80. The van der Waals surface area contributed by atoms with Crippen LogP contribution in [0.25, 0.3) is 0 Å². The zero-order valence-electron chi connectivity index (χ0n) is 7.66. The van der Waals surface area contributed by atoms with Crippen molar-refractivity contribution in [3.63, 3.8) is 0 Å². The minimum absolute atomic E-state index is 0.257. The standard InChI is InChI=1S/C10H14ClNS/c1-8(12)6-13-7-9-4-2-3-5-10(9)11/h2-5,8H,6-7,12H2,1H3/t8-/m0/s1. The molecule has 0 fully saturated rings. The van der Waals surface area contributed by atoms with Crippen LogP contribution in [0.15, 0.2) is 24.3 Å². The van der Waals surface area contributed by atoms with Gasteiger partial charge in [0, 0.05) is 22.6 Å². The Kier molecular flexibility index (Phi) is 4.64. The summed E-state index contributed by atoms with van der Waals surface area (Å²) in [7, 11) is 0. The van der Waals surface area contributed by atoms with Crippen LogP contribution in [0.1, 0.15) is 12.5 Å². The van der Waals surface area contributed by atoms with E-state index in [2.05, 4.69) is 6.07 Å². The minimum Gasteiger partial charge on any atom is -0.327 e. The largest absolute Gasteiger partial charge is 0.327 e. The van der Waals surface area contributed by atoms with Gasteiger partial charge in [0.2, 0.25) is 0 Å². The van der Waals surface area contributed by atoms with Gasteiger partial charge in [-0.15, -0.1) is 0 Å². The maximum absolute atomic E-state index is 5.99. The number of thioether (sulfide) groups is 1. The monoisotopic (exact) mass is 215 g/mol. The molecule has 0 saturated carbocycles. The smallest absolute Gasteiger partial charge is 0.0446 e. The van der Waals surface area contributed by atoms with Crippen molar-refractivity contribution in [1.29, 1.82) is 0 Å². The van der Waals surface area contributed by atoms with Crippen LogP contribution in [0.5, 0.6) is 0 Å². The zero-order chi connectivity index (χ0) is 9.68. The normalized spacial score (nSPS) is 12.8. The van der Waals surface area contributed by atoms with E-state index in [1.165, 1.54) is 5.56 Å². The summed E-state index contributed by atoms with van der Waals surface area (Å²) in [6, 6.07) is 8.18. The van der Waals surface area contributed by atoms with Crippen LogP contribution in [-0.2, 0) is 5.75 Å². The molecule has 0 saturated heterocycles. The van der Waals surface area contributed by atoms with Crippen molar-refractivity contribution in [2.45, 2.75) is 18.7 Å². The van der Waals surface area contributed by atoms with E-state index in [-0.39, 0.29) is 6.04 Å². The maximum Gasteiger partial charge on any atom is 0.0446 e. The van der Waals surface area contributed by atoms with Gasteiger partial charge in [0.25, 0.3) is 0 Å². The Labute approximate surface area is 88.7 Å². The lowest BCUT2D eigenvalue weighted by atomic mass is 10.2. The molecule has 3 heteroatoms. The van der Waals surface area contributed by atoms with E-state index in [0.717, 1.165) is 16.5 Å². The van der Waals surface area contributed by atoms with Crippen LogP contribution in [-0.4, -0.2) is 11.8 Å². The number of nitrogens with two attached hydrogens (primary N) is 1. The molecule has 0 unspecified atom stereocenters. The van der Waals surface area contributed by atoms with Gasteiger partial charge >= 0.3 is 0 Å². The lowest BCUT2D eigenvalue weighted by molar-refractivity contribution is 0.847. The average molecular weight is 216 g/mol. The minimum atomic E-state index is 0.257. The van der Waals surface area contributed by atoms with Gasteiger partial charge in [-0.1, -0.05) is 29.8 Å². The van der Waals surface area contributed by atoms with Gasteiger partial charge in [0.15, 0.2) is 0 Å². The third-order valence-electron chi connectivity index (χ3n) is 1.60. The second kappa shape index (κ2) is 5.53. The predicted octanol–water partition coefficient (Wildman–Crippen LogP) is 2.92. The fourth-order valence-electron chi connectivity index (χ4n) is 0.970. The number of benzene rings is 1. The molecule has 0 aliphatic carbocycles. The van der Waals surface area contributed by atoms with Crippen molar-refractivity contribution < 1.29 is 0 Å². The van der Waals surface area contributed by atoms with E-state index in [9.17, 15) is 0 Å². The molecule has 0 heterocycles. The first-order valence-electron chi connectivity index (χ1n) is 4.27. The van der Waals surface area contributed by atoms with Crippen LogP contribution in [0, 0.1) is 0 Å². The fraction of sp³-hybridized carbons (Fsp3) is 0.400. The molecule has 2 N–H and O–H groups in total. The first-order chi connectivity index (χ1) is 6.20. The Morgan fingerprint density at radius 1 is 1.46 bits per heavy atom. The number of hydrogen-bond acceptors (Lipinski definition) is 2. The highest BCUT2D eigenvalue weighted by atomic mass is 35.5. The van der Waals surface area contributed by atoms with Crippen molar-refractivity contribution in [2.75, 3.05) is 5.75 Å². The van der Waals surface area contributed by atoms with E-state index in [0.29, 0.717) is 0 Å². The molecule has 1 aromatic rings. The maximum atomic E-state index is 5.99. The first kappa shape index (κ1) is 10.9. The van der Waals surface area contributed by atoms with Gasteiger partial charge in [-0.05, 0) is 18.6 Å². The Bertz CT molecular complexity index is 263. The molecule has 1 atom stereocenters. The van der Waals surface area contributed by atoms with E-state index < -0.39 is 0 Å². The predicted molar refractivity (Wildman–Crippen MR) is 61.3 cm³/mol. The molecule has 1 rings (SSSR count). The highest BCUT2D eigenvalue weighted by molar-refractivity contribution is 7.98. The van der Waals surface area contributed by atoms with E-state index in [1.807, 2.05) is 36.9 Å². The summed E-state index contributed by atoms with van der Waals surface area (Å²) < 4.78 is 0. The van der Waals surface area contributed by atoms with Gasteiger partial charge in [0.05, 0.1) is 0 Å². The Balaban J connectivity index is 2.41. The second-order valence-corrected chi connectivity index (χ2v) is 4.52. The van der Waals surface area contributed by atoms with Crippen LogP contribution >= 0.6 is 23.4 Å². The Hall–Kier alpha value is -0.180. The second-order valence-electron chi connectivity index (χ2n) is 3.08. The van der Waals surface area contributed by atoms with Crippen molar-refractivity contribution in [3.8, 4) is 0 Å². The molecule has 72 valence electrons. The summed E-state index contributed by atoms with van der Waals surface area (Å²) in [5, 5.41) is 0.847. The van der Waals surface area contributed by atoms with E-state index >= 15 is 0 Å². The van der Waals surface area contributed by atoms with Gasteiger partial charge in [-0.2, -0.15) is 11.8 Å². The summed E-state index contributed by atoms with van der Waals surface area (Å²) in [6.07, 6.45) is 0. The Morgan fingerprint density at radius 3 is 2.77 bits per heavy atom. The van der Waals surface area contributed by atoms with E-state index in [1.54, 1.807) is 0 Å². The summed E-state index contributed by atoms with van der Waals surface area (Å²) >= 11 is 7.81. The fourth-order valence-corrected chi connectivity index (χ4v) is 2.21. The molecule has 1 nitrogen and oxygen atoms in total. The highest BCUT2D eigenvalue weighted by Gasteiger charge is 1.99. The third-order valence-corrected chi connectivity index (χ3v) is 3.24. The summed E-state index contributed by atoms with van der Waals surface area (Å²) in [5.41, 5.74) is 6.83. The molecular weight excluding hydrogens is 202 g/mol. The van der Waals surface area contributed by atoms with Gasteiger partial charge in [-0.25, -0.2) is 0 Å². The summed E-state index contributed by atoms with van der Waals surface area (Å²) in [6.45, 7) is 2.01. The van der Waals surface area contributed by atoms with Crippen molar-refractivity contribution >= 4 is 23.4 Å². The molecule has 0 radical (unpaired) electrons. The number of rotatable bonds is 4. The molecule has 0 aliphatic rings. The van der Waals surface area contributed by atoms with Crippen LogP contribution in [0.3, 0.4) is 0 Å². The SMILES string of the molecule is C[C@H](N)CSCc1ccccc1Cl. The zero-order valence-corrected chi connectivity index (χ0v) is 9.24. The van der Waals surface area contributed by atoms with Crippen LogP contribution in [0.2, 0.25) is 5.02 Å². The van der Waals surface area contributed by atoms with Crippen molar-refractivity contribution in [3.05, 3.63) is 34.9 Å². The van der Waals surface area contributed by atoms with E-state index in [4.69, 9.17) is 17.3 Å². The highest BCUT2D eigenvalue weighted by Crippen LogP contribution is 2.20.